The summed E-state index contributed by atoms with van der Waals surface area (Å²) in [6, 6.07) is 4.20. The highest BCUT2D eigenvalue weighted by Gasteiger charge is 2.25. The van der Waals surface area contributed by atoms with Crippen LogP contribution in [0.5, 0.6) is 0 Å². The molecule has 3 heterocycles. The second kappa shape index (κ2) is 7.19. The number of hydrogen-bond donors (Lipinski definition) is 2. The zero-order valence-electron chi connectivity index (χ0n) is 14.7. The van der Waals surface area contributed by atoms with E-state index < -0.39 is 0 Å². The van der Waals surface area contributed by atoms with E-state index in [1.807, 2.05) is 0 Å². The highest BCUT2D eigenvalue weighted by molar-refractivity contribution is 7.99. The summed E-state index contributed by atoms with van der Waals surface area (Å²) in [7, 11) is 0. The zero-order valence-corrected chi connectivity index (χ0v) is 16.3. The summed E-state index contributed by atoms with van der Waals surface area (Å²) < 4.78 is 1.10. The molecular weight excluding hydrogens is 362 g/mol. The highest BCUT2D eigenvalue weighted by atomic mass is 32.2. The van der Waals surface area contributed by atoms with Crippen molar-refractivity contribution in [3.8, 4) is 0 Å². The molecule has 2 aliphatic carbocycles. The van der Waals surface area contributed by atoms with Gasteiger partial charge in [-0.25, -0.2) is 9.97 Å². The van der Waals surface area contributed by atoms with Gasteiger partial charge in [-0.15, -0.1) is 11.3 Å². The van der Waals surface area contributed by atoms with Crippen molar-refractivity contribution in [3.05, 3.63) is 23.2 Å². The number of thiophene rings is 1. The van der Waals surface area contributed by atoms with E-state index in [1.165, 1.54) is 50.6 Å². The van der Waals surface area contributed by atoms with Gasteiger partial charge in [0, 0.05) is 23.4 Å². The first-order valence-corrected chi connectivity index (χ1v) is 11.4. The van der Waals surface area contributed by atoms with Gasteiger partial charge in [-0.05, 0) is 43.0 Å². The normalized spacial score (nSPS) is 18.5. The molecule has 0 aliphatic heterocycles. The Morgan fingerprint density at radius 1 is 1.15 bits per heavy atom. The average molecular weight is 386 g/mol. The van der Waals surface area contributed by atoms with Crippen molar-refractivity contribution in [2.24, 2.45) is 5.92 Å². The van der Waals surface area contributed by atoms with Gasteiger partial charge in [0.25, 0.3) is 0 Å². The molecule has 7 heteroatoms. The number of nitrogens with zero attached hydrogens (tertiary/aromatic N) is 3. The fraction of sp³-hybridized carbons (Fsp3) is 0.526. The maximum atomic E-state index is 4.82. The molecule has 5 rings (SSSR count). The van der Waals surface area contributed by atoms with Gasteiger partial charge in [0.15, 0.2) is 16.8 Å². The molecule has 0 amide bonds. The minimum atomic E-state index is 0.673. The lowest BCUT2D eigenvalue weighted by Crippen LogP contribution is -2.09. The van der Waals surface area contributed by atoms with Gasteiger partial charge in [0.1, 0.15) is 0 Å². The quantitative estimate of drug-likeness (QED) is 0.420. The maximum absolute atomic E-state index is 4.82. The molecule has 3 aromatic rings. The lowest BCUT2D eigenvalue weighted by atomic mass is 9.91. The van der Waals surface area contributed by atoms with Gasteiger partial charge >= 0.3 is 0 Å². The highest BCUT2D eigenvalue weighted by Crippen LogP contribution is 2.40. The molecule has 0 saturated heterocycles. The molecule has 2 fully saturated rings. The summed E-state index contributed by atoms with van der Waals surface area (Å²) in [5, 5.41) is 13.9. The lowest BCUT2D eigenvalue weighted by molar-refractivity contribution is 0.391. The van der Waals surface area contributed by atoms with Crippen molar-refractivity contribution in [1.82, 2.24) is 20.2 Å². The molecular formula is C19H23N5S2. The fourth-order valence-corrected chi connectivity index (χ4v) is 5.48. The van der Waals surface area contributed by atoms with Crippen LogP contribution in [0.2, 0.25) is 0 Å². The number of aromatic nitrogens is 4. The van der Waals surface area contributed by atoms with Crippen LogP contribution in [0.3, 0.4) is 0 Å². The molecule has 0 radical (unpaired) electrons. The Balaban J connectivity index is 1.35. The van der Waals surface area contributed by atoms with E-state index in [1.54, 1.807) is 23.1 Å². The summed E-state index contributed by atoms with van der Waals surface area (Å²) in [6.07, 6.45) is 9.42. The Labute approximate surface area is 161 Å². The van der Waals surface area contributed by atoms with Crippen molar-refractivity contribution in [2.75, 3.05) is 11.1 Å². The summed E-state index contributed by atoms with van der Waals surface area (Å²) in [5.41, 5.74) is 2.26. The fourth-order valence-electron chi connectivity index (χ4n) is 3.66. The number of thioether (sulfide) groups is 1. The number of nitrogens with one attached hydrogen (secondary N) is 2. The van der Waals surface area contributed by atoms with Crippen LogP contribution in [0.15, 0.2) is 22.7 Å². The monoisotopic (exact) mass is 385 g/mol. The molecule has 136 valence electrons. The van der Waals surface area contributed by atoms with Gasteiger partial charge < -0.3 is 5.32 Å². The minimum Gasteiger partial charge on any atom is -0.322 e. The average Bonchev–Trinajstić information content (AvgIpc) is 3.22. The molecule has 26 heavy (non-hydrogen) atoms. The third-order valence-corrected chi connectivity index (χ3v) is 7.31. The molecule has 0 aromatic carbocycles. The Kier molecular flexibility index (Phi) is 4.58. The molecule has 3 aromatic heterocycles. The number of aromatic amines is 1. The van der Waals surface area contributed by atoms with E-state index in [9.17, 15) is 0 Å². The summed E-state index contributed by atoms with van der Waals surface area (Å²) in [4.78, 5) is 9.58. The van der Waals surface area contributed by atoms with E-state index in [0.717, 1.165) is 38.7 Å². The predicted octanol–water partition coefficient (Wildman–Crippen LogP) is 5.71. The Bertz CT molecular complexity index is 892. The van der Waals surface area contributed by atoms with Crippen LogP contribution < -0.4 is 5.32 Å². The molecule has 2 aliphatic rings. The van der Waals surface area contributed by atoms with E-state index in [2.05, 4.69) is 33.0 Å². The van der Waals surface area contributed by atoms with E-state index in [4.69, 9.17) is 9.97 Å². The van der Waals surface area contributed by atoms with Crippen LogP contribution in [0.1, 0.15) is 56.6 Å². The van der Waals surface area contributed by atoms with E-state index in [-0.39, 0.29) is 0 Å². The van der Waals surface area contributed by atoms with Crippen molar-refractivity contribution >= 4 is 45.0 Å². The lowest BCUT2D eigenvalue weighted by Gasteiger charge is -2.20. The zero-order chi connectivity index (χ0) is 17.3. The number of fused-ring (bicyclic) bond motifs is 1. The third kappa shape index (κ3) is 3.60. The van der Waals surface area contributed by atoms with Crippen molar-refractivity contribution in [3.63, 3.8) is 0 Å². The second-order valence-electron chi connectivity index (χ2n) is 7.41. The maximum Gasteiger partial charge on any atom is 0.190 e. The predicted molar refractivity (Wildman–Crippen MR) is 109 cm³/mol. The van der Waals surface area contributed by atoms with Crippen molar-refractivity contribution < 1.29 is 0 Å². The molecule has 0 unspecified atom stereocenters. The summed E-state index contributed by atoms with van der Waals surface area (Å²) in [6.45, 7) is 0. The SMILES string of the molecule is c1cc2nc(SCC3CCCCC3)nc(Nc3cc(C4CC4)[nH]n3)c2s1. The third-order valence-electron chi connectivity index (χ3n) is 5.32. The van der Waals surface area contributed by atoms with Crippen LogP contribution >= 0.6 is 23.1 Å². The van der Waals surface area contributed by atoms with Gasteiger partial charge in [-0.3, -0.25) is 5.10 Å². The van der Waals surface area contributed by atoms with E-state index in [0.29, 0.717) is 5.92 Å². The van der Waals surface area contributed by atoms with Crippen LogP contribution in [0, 0.1) is 5.92 Å². The molecule has 2 N–H and O–H groups in total. The second-order valence-corrected chi connectivity index (χ2v) is 9.32. The van der Waals surface area contributed by atoms with Crippen molar-refractivity contribution in [2.45, 2.75) is 56.0 Å². The Morgan fingerprint density at radius 2 is 2.04 bits per heavy atom. The smallest absolute Gasteiger partial charge is 0.190 e. The molecule has 0 bridgehead atoms. The van der Waals surface area contributed by atoms with Crippen LogP contribution in [-0.4, -0.2) is 25.9 Å². The number of hydrogen-bond acceptors (Lipinski definition) is 6. The standard InChI is InChI=1S/C19H23N5S2/c1-2-4-12(5-3-1)11-26-19-20-14-8-9-25-17(14)18(22-19)21-16-10-15(23-24-16)13-6-7-13/h8-10,12-13H,1-7,11H2,(H2,20,21,22,23,24). The van der Waals surface area contributed by atoms with Gasteiger partial charge in [0.2, 0.25) is 0 Å². The first-order chi connectivity index (χ1) is 12.8. The minimum absolute atomic E-state index is 0.673. The molecule has 2 saturated carbocycles. The molecule has 0 spiro atoms. The van der Waals surface area contributed by atoms with Crippen LogP contribution in [0.25, 0.3) is 10.2 Å². The number of anilines is 2. The van der Waals surface area contributed by atoms with Crippen molar-refractivity contribution in [1.29, 1.82) is 0 Å². The topological polar surface area (TPSA) is 66.5 Å². The molecule has 5 nitrogen and oxygen atoms in total. The summed E-state index contributed by atoms with van der Waals surface area (Å²) >= 11 is 3.48. The number of rotatable bonds is 6. The van der Waals surface area contributed by atoms with Gasteiger partial charge in [0.05, 0.1) is 10.2 Å². The largest absolute Gasteiger partial charge is 0.322 e. The summed E-state index contributed by atoms with van der Waals surface area (Å²) in [5.74, 6) is 4.35. The first-order valence-electron chi connectivity index (χ1n) is 9.55. The number of H-pyrrole nitrogens is 1. The van der Waals surface area contributed by atoms with Gasteiger partial charge in [-0.1, -0.05) is 31.0 Å². The van der Waals surface area contributed by atoms with Crippen LogP contribution in [-0.2, 0) is 0 Å². The first kappa shape index (κ1) is 16.6. The van der Waals surface area contributed by atoms with Crippen LogP contribution in [0.4, 0.5) is 11.6 Å². The van der Waals surface area contributed by atoms with E-state index >= 15 is 0 Å². The Hall–Kier alpha value is -1.60. The Morgan fingerprint density at radius 3 is 2.88 bits per heavy atom. The van der Waals surface area contributed by atoms with Gasteiger partial charge in [-0.2, -0.15) is 5.10 Å². The molecule has 0 atom stereocenters.